The number of aliphatic hydroxyl groups is 9. The molecule has 316 valence electrons. The number of rotatable bonds is 11. The van der Waals surface area contributed by atoms with Gasteiger partial charge in [-0.25, -0.2) is 0 Å². The van der Waals surface area contributed by atoms with Crippen LogP contribution in [-0.2, 0) is 28.4 Å². The summed E-state index contributed by atoms with van der Waals surface area (Å²) in [7, 11) is 1.71. The molecule has 7 rings (SSSR count). The lowest BCUT2D eigenvalue weighted by molar-refractivity contribution is -0.324. The largest absolute Gasteiger partial charge is 0.394 e. The predicted molar refractivity (Wildman–Crippen MR) is 193 cm³/mol. The van der Waals surface area contributed by atoms with Gasteiger partial charge in [0, 0.05) is 31.3 Å². The second-order valence-electron chi connectivity index (χ2n) is 18.5. The van der Waals surface area contributed by atoms with Crippen molar-refractivity contribution < 1.29 is 74.4 Å². The number of allylic oxidation sites excluding steroid dienone is 1. The number of fused-ring (bicyclic) bond motifs is 7. The maximum absolute atomic E-state index is 11.0. The first kappa shape index (κ1) is 42.3. The second-order valence-corrected chi connectivity index (χ2v) is 18.5. The average molecular weight is 787 g/mol. The molecule has 3 aliphatic heterocycles. The third kappa shape index (κ3) is 6.98. The highest BCUT2D eigenvalue weighted by Crippen LogP contribution is 2.70. The van der Waals surface area contributed by atoms with Crippen LogP contribution in [0.4, 0.5) is 0 Å². The monoisotopic (exact) mass is 786 g/mol. The molecule has 0 radical (unpaired) electrons. The molecule has 15 nitrogen and oxygen atoms in total. The van der Waals surface area contributed by atoms with E-state index in [1.807, 2.05) is 6.92 Å². The average Bonchev–Trinajstić information content (AvgIpc) is 3.62. The quantitative estimate of drug-likeness (QED) is 0.125. The summed E-state index contributed by atoms with van der Waals surface area (Å²) in [5, 5.41) is 92.7. The van der Waals surface area contributed by atoms with E-state index >= 15 is 0 Å². The molecule has 3 saturated carbocycles. The van der Waals surface area contributed by atoms with Gasteiger partial charge in [0.25, 0.3) is 0 Å². The molecule has 3 heterocycles. The minimum atomic E-state index is -1.55. The van der Waals surface area contributed by atoms with E-state index in [2.05, 4.69) is 26.8 Å². The van der Waals surface area contributed by atoms with Gasteiger partial charge in [0.1, 0.15) is 48.8 Å². The molecule has 22 unspecified atom stereocenters. The van der Waals surface area contributed by atoms with Gasteiger partial charge in [-0.3, -0.25) is 0 Å². The van der Waals surface area contributed by atoms with Crippen molar-refractivity contribution in [3.05, 3.63) is 11.6 Å². The van der Waals surface area contributed by atoms with Gasteiger partial charge in [-0.15, -0.1) is 0 Å². The number of hydrogen-bond acceptors (Lipinski definition) is 15. The fraction of sp³-hybridized carbons (Fsp3) is 0.950. The molecule has 0 amide bonds. The molecule has 3 saturated heterocycles. The van der Waals surface area contributed by atoms with Gasteiger partial charge in [0.2, 0.25) is 0 Å². The number of hydrogen-bond donors (Lipinski definition) is 9. The molecule has 9 N–H and O–H groups in total. The lowest BCUT2D eigenvalue weighted by Crippen LogP contribution is -2.62. The summed E-state index contributed by atoms with van der Waals surface area (Å²) < 4.78 is 37.0. The van der Waals surface area contributed by atoms with Gasteiger partial charge in [-0.1, -0.05) is 39.3 Å². The van der Waals surface area contributed by atoms with Crippen molar-refractivity contribution in [2.45, 2.75) is 165 Å². The lowest BCUT2D eigenvalue weighted by atomic mass is 9.46. The van der Waals surface area contributed by atoms with Gasteiger partial charge < -0.3 is 74.4 Å². The van der Waals surface area contributed by atoms with Crippen LogP contribution in [0, 0.1) is 46.3 Å². The molecule has 0 aromatic rings. The van der Waals surface area contributed by atoms with Crippen LogP contribution < -0.4 is 0 Å². The molecule has 55 heavy (non-hydrogen) atoms. The Morgan fingerprint density at radius 2 is 1.49 bits per heavy atom. The third-order valence-corrected chi connectivity index (χ3v) is 15.7. The maximum atomic E-state index is 11.0. The van der Waals surface area contributed by atoms with Gasteiger partial charge in [0.15, 0.2) is 18.4 Å². The summed E-state index contributed by atoms with van der Waals surface area (Å²) in [5.74, 6) is 0.550. The normalized spacial score (nSPS) is 54.2. The molecule has 6 fully saturated rings. The van der Waals surface area contributed by atoms with E-state index in [0.29, 0.717) is 37.5 Å². The molecule has 22 atom stereocenters. The number of methoxy groups -OCH3 is 1. The van der Waals surface area contributed by atoms with Crippen LogP contribution in [0.2, 0.25) is 0 Å². The fourth-order valence-corrected chi connectivity index (χ4v) is 12.5. The maximum Gasteiger partial charge on any atom is 0.187 e. The van der Waals surface area contributed by atoms with Gasteiger partial charge in [0.05, 0.1) is 38.1 Å². The summed E-state index contributed by atoms with van der Waals surface area (Å²) in [6.45, 7) is 8.07. The van der Waals surface area contributed by atoms with Crippen LogP contribution in [0.15, 0.2) is 11.6 Å². The Morgan fingerprint density at radius 1 is 0.855 bits per heavy atom. The van der Waals surface area contributed by atoms with Crippen molar-refractivity contribution in [1.29, 1.82) is 0 Å². The Kier molecular flexibility index (Phi) is 12.3. The first-order valence-corrected chi connectivity index (χ1v) is 20.5. The molecule has 4 aliphatic carbocycles. The summed E-state index contributed by atoms with van der Waals surface area (Å²) >= 11 is 0. The van der Waals surface area contributed by atoms with E-state index < -0.39 is 98.0 Å². The Bertz CT molecular complexity index is 1370. The van der Waals surface area contributed by atoms with E-state index in [-0.39, 0.29) is 41.8 Å². The van der Waals surface area contributed by atoms with E-state index in [1.54, 1.807) is 7.11 Å². The Hall–Kier alpha value is -0.860. The molecule has 15 heteroatoms. The van der Waals surface area contributed by atoms with Crippen LogP contribution in [0.3, 0.4) is 0 Å². The zero-order chi connectivity index (χ0) is 39.8. The summed E-state index contributed by atoms with van der Waals surface area (Å²) in [6, 6.07) is 0. The molecular formula is C40H66O15. The van der Waals surface area contributed by atoms with E-state index in [1.165, 1.54) is 0 Å². The van der Waals surface area contributed by atoms with Crippen molar-refractivity contribution in [1.82, 2.24) is 0 Å². The number of ether oxygens (including phenoxy) is 6. The summed E-state index contributed by atoms with van der Waals surface area (Å²) in [4.78, 5) is 0. The van der Waals surface area contributed by atoms with Crippen LogP contribution in [0.5, 0.6) is 0 Å². The highest BCUT2D eigenvalue weighted by molar-refractivity contribution is 5.28. The first-order valence-electron chi connectivity index (χ1n) is 20.5. The molecule has 7 aliphatic rings. The first-order chi connectivity index (χ1) is 26.0. The van der Waals surface area contributed by atoms with Gasteiger partial charge in [-0.05, 0) is 73.5 Å². The highest BCUT2D eigenvalue weighted by atomic mass is 16.7. The predicted octanol–water partition coefficient (Wildman–Crippen LogP) is -0.0584. The molecule has 0 aromatic carbocycles. The second kappa shape index (κ2) is 16.0. The Morgan fingerprint density at radius 3 is 2.13 bits per heavy atom. The van der Waals surface area contributed by atoms with Crippen molar-refractivity contribution in [3.8, 4) is 0 Å². The van der Waals surface area contributed by atoms with E-state index in [0.717, 1.165) is 31.3 Å². The fourth-order valence-electron chi connectivity index (χ4n) is 12.5. The van der Waals surface area contributed by atoms with Gasteiger partial charge >= 0.3 is 0 Å². The summed E-state index contributed by atoms with van der Waals surface area (Å²) in [5.41, 5.74) is 0.681. The minimum Gasteiger partial charge on any atom is -0.394 e. The van der Waals surface area contributed by atoms with E-state index in [4.69, 9.17) is 28.4 Å². The van der Waals surface area contributed by atoms with Crippen molar-refractivity contribution in [2.24, 2.45) is 46.3 Å². The Labute approximate surface area is 323 Å². The molecule has 0 aromatic heterocycles. The van der Waals surface area contributed by atoms with Crippen LogP contribution in [-0.4, -0.2) is 158 Å². The topological polar surface area (TPSA) is 237 Å². The van der Waals surface area contributed by atoms with Crippen LogP contribution >= 0.6 is 0 Å². The zero-order valence-electron chi connectivity index (χ0n) is 32.8. The summed E-state index contributed by atoms with van der Waals surface area (Å²) in [6.07, 6.45) is -6.42. The standard InChI is InChI=1S/C40H66O15/c1-18(17-51-36-34(48)32(46)30(44)26(15-41)52-36)8-11-40(50-5)19(2)29-25(55-40)14-24-22-7-6-20-12-21(43)13-28(39(20,4)23(22)9-10-38(24,29)3)54-37-35(49)33(47)31(45)27(16-42)53-37/h6,18-19,21-37,41-49H,7-17H2,1-5H3. The zero-order valence-corrected chi connectivity index (χ0v) is 32.8. The van der Waals surface area contributed by atoms with Crippen molar-refractivity contribution >= 4 is 0 Å². The highest BCUT2D eigenvalue weighted by Gasteiger charge is 2.69. The SMILES string of the molecule is COC1(CCC(C)COC2OC(CO)C(O)C(O)C2O)OC2CC3C4CC=C5CC(O)CC(OC6OC(CO)C(O)C(O)C6O)C5(C)C4CCC3(C)C2C1C. The Balaban J connectivity index is 1.02. The smallest absolute Gasteiger partial charge is 0.187 e. The van der Waals surface area contributed by atoms with Gasteiger partial charge in [-0.2, -0.15) is 0 Å². The van der Waals surface area contributed by atoms with Crippen LogP contribution in [0.25, 0.3) is 0 Å². The van der Waals surface area contributed by atoms with Crippen molar-refractivity contribution in [3.63, 3.8) is 0 Å². The third-order valence-electron chi connectivity index (χ3n) is 15.7. The van der Waals surface area contributed by atoms with E-state index in [9.17, 15) is 46.0 Å². The molecule has 0 bridgehead atoms. The van der Waals surface area contributed by atoms with Crippen molar-refractivity contribution in [2.75, 3.05) is 26.9 Å². The van der Waals surface area contributed by atoms with Crippen LogP contribution in [0.1, 0.15) is 79.1 Å². The molecule has 0 spiro atoms. The number of aliphatic hydroxyl groups excluding tert-OH is 9. The minimum absolute atomic E-state index is 0.00707. The lowest BCUT2D eigenvalue weighted by Gasteiger charge is -2.60. The molecular weight excluding hydrogens is 720 g/mol.